The first-order valence-electron chi connectivity index (χ1n) is 10.5. The first kappa shape index (κ1) is 24.0. The average molecular weight is 488 g/mol. The third kappa shape index (κ3) is 4.09. The Labute approximate surface area is 204 Å². The number of nitrogens with one attached hydrogen (secondary N) is 1. The molecule has 182 valence electrons. The molecule has 1 N–H and O–H groups in total. The molecule has 2 aromatic carbocycles. The van der Waals surface area contributed by atoms with Gasteiger partial charge in [-0.15, -0.1) is 0 Å². The maximum atomic E-state index is 13.2. The molecule has 0 radical (unpaired) electrons. The maximum absolute atomic E-state index is 13.2. The number of carbonyl (C=O) groups excluding carboxylic acids is 1. The number of aromatic nitrogens is 3. The van der Waals surface area contributed by atoms with Crippen molar-refractivity contribution in [3.63, 3.8) is 0 Å². The number of nitriles is 1. The summed E-state index contributed by atoms with van der Waals surface area (Å²) in [5.74, 6) is 0.206. The van der Waals surface area contributed by atoms with Crippen molar-refractivity contribution in [3.05, 3.63) is 69.4 Å². The van der Waals surface area contributed by atoms with E-state index in [9.17, 15) is 20.2 Å². The largest absolute Gasteiger partial charge is 0.494 e. The Morgan fingerprint density at radius 2 is 1.81 bits per heavy atom. The van der Waals surface area contributed by atoms with Gasteiger partial charge in [-0.1, -0.05) is 12.1 Å². The number of amides is 1. The first-order chi connectivity index (χ1) is 17.3. The van der Waals surface area contributed by atoms with E-state index in [0.717, 1.165) is 17.0 Å². The number of para-hydroxylation sites is 1. The lowest BCUT2D eigenvalue weighted by atomic mass is 10.1. The van der Waals surface area contributed by atoms with Crippen molar-refractivity contribution in [1.29, 1.82) is 5.26 Å². The maximum Gasteiger partial charge on any atom is 0.286 e. The number of hydrogen-bond acceptors (Lipinski definition) is 9. The summed E-state index contributed by atoms with van der Waals surface area (Å²) in [7, 11) is 4.20. The van der Waals surface area contributed by atoms with Gasteiger partial charge in [0.2, 0.25) is 0 Å². The Kier molecular flexibility index (Phi) is 6.38. The predicted octanol–water partition coefficient (Wildman–Crippen LogP) is 3.79. The van der Waals surface area contributed by atoms with Crippen LogP contribution in [-0.4, -0.2) is 46.9 Å². The smallest absolute Gasteiger partial charge is 0.286 e. The highest BCUT2D eigenvalue weighted by Gasteiger charge is 2.27. The van der Waals surface area contributed by atoms with Crippen LogP contribution in [0.2, 0.25) is 0 Å². The van der Waals surface area contributed by atoms with Gasteiger partial charge in [0, 0.05) is 11.5 Å². The van der Waals surface area contributed by atoms with E-state index in [-0.39, 0.29) is 28.4 Å². The number of fused-ring (bicyclic) bond motifs is 1. The molecule has 12 nitrogen and oxygen atoms in total. The molecule has 0 saturated heterocycles. The zero-order valence-corrected chi connectivity index (χ0v) is 19.7. The molecule has 2 heterocycles. The van der Waals surface area contributed by atoms with Crippen molar-refractivity contribution in [2.45, 2.75) is 6.92 Å². The Morgan fingerprint density at radius 3 is 2.44 bits per heavy atom. The summed E-state index contributed by atoms with van der Waals surface area (Å²) >= 11 is 0. The van der Waals surface area contributed by atoms with Gasteiger partial charge in [0.15, 0.2) is 23.1 Å². The summed E-state index contributed by atoms with van der Waals surface area (Å²) in [6.07, 6.45) is 1.27. The van der Waals surface area contributed by atoms with Crippen LogP contribution in [0.1, 0.15) is 21.5 Å². The van der Waals surface area contributed by atoms with Gasteiger partial charge < -0.3 is 19.5 Å². The van der Waals surface area contributed by atoms with Crippen molar-refractivity contribution in [3.8, 4) is 29.1 Å². The lowest BCUT2D eigenvalue weighted by Crippen LogP contribution is -2.18. The van der Waals surface area contributed by atoms with Crippen LogP contribution >= 0.6 is 0 Å². The number of methoxy groups -OCH3 is 3. The Morgan fingerprint density at radius 1 is 1.11 bits per heavy atom. The van der Waals surface area contributed by atoms with Gasteiger partial charge in [-0.3, -0.25) is 14.9 Å². The second kappa shape index (κ2) is 9.59. The zero-order chi connectivity index (χ0) is 26.0. The molecule has 0 fully saturated rings. The predicted molar refractivity (Wildman–Crippen MR) is 129 cm³/mol. The molecule has 0 atom stereocenters. The molecule has 0 aliphatic heterocycles. The quantitative estimate of drug-likeness (QED) is 0.302. The molecule has 12 heteroatoms. The van der Waals surface area contributed by atoms with Gasteiger partial charge in [-0.05, 0) is 24.6 Å². The molecule has 4 aromatic rings. The van der Waals surface area contributed by atoms with Crippen molar-refractivity contribution in [1.82, 2.24) is 14.8 Å². The summed E-state index contributed by atoms with van der Waals surface area (Å²) in [6, 6.07) is 11.5. The summed E-state index contributed by atoms with van der Waals surface area (Å²) in [6.45, 7) is 1.88. The number of hydrogen-bond donors (Lipinski definition) is 1. The number of pyridine rings is 1. The van der Waals surface area contributed by atoms with Crippen LogP contribution in [0.5, 0.6) is 17.2 Å². The molecule has 2 aromatic heterocycles. The minimum atomic E-state index is -0.851. The highest BCUT2D eigenvalue weighted by Crippen LogP contribution is 2.35. The number of nitro groups is 1. The number of nitro benzene ring substituents is 1. The van der Waals surface area contributed by atoms with Gasteiger partial charge >= 0.3 is 0 Å². The van der Waals surface area contributed by atoms with Gasteiger partial charge in [0.05, 0.1) is 38.5 Å². The molecule has 0 spiro atoms. The summed E-state index contributed by atoms with van der Waals surface area (Å²) < 4.78 is 17.0. The number of aryl methyl sites for hydroxylation is 1. The third-order valence-corrected chi connectivity index (χ3v) is 5.50. The fourth-order valence-electron chi connectivity index (χ4n) is 3.75. The van der Waals surface area contributed by atoms with Crippen LogP contribution in [0.15, 0.2) is 42.6 Å². The van der Waals surface area contributed by atoms with Crippen molar-refractivity contribution < 1.29 is 23.9 Å². The minimum absolute atomic E-state index is 0.00673. The molecule has 0 saturated carbocycles. The SMILES string of the molecule is COc1cc(C(=O)Nc2c(C#N)cnn2-c2cc(C)c3cccc(OC)c3n2)c([N+](=O)[O-])cc1OC. The minimum Gasteiger partial charge on any atom is -0.494 e. The fraction of sp³-hybridized carbons (Fsp3) is 0.167. The number of anilines is 1. The summed E-state index contributed by atoms with van der Waals surface area (Å²) in [5, 5.41) is 28.9. The fourth-order valence-corrected chi connectivity index (χ4v) is 3.75. The summed E-state index contributed by atoms with van der Waals surface area (Å²) in [4.78, 5) is 28.8. The summed E-state index contributed by atoms with van der Waals surface area (Å²) in [5.41, 5.74) is 0.663. The van der Waals surface area contributed by atoms with E-state index < -0.39 is 16.5 Å². The molecule has 0 aliphatic carbocycles. The van der Waals surface area contributed by atoms with E-state index in [0.29, 0.717) is 17.1 Å². The monoisotopic (exact) mass is 488 g/mol. The number of nitrogens with zero attached hydrogens (tertiary/aromatic N) is 5. The molecule has 0 unspecified atom stereocenters. The van der Waals surface area contributed by atoms with Crippen LogP contribution in [0.25, 0.3) is 16.7 Å². The van der Waals surface area contributed by atoms with Gasteiger partial charge in [-0.2, -0.15) is 15.0 Å². The molecule has 1 amide bonds. The molecule has 4 rings (SSSR count). The Balaban J connectivity index is 1.84. The lowest BCUT2D eigenvalue weighted by molar-refractivity contribution is -0.385. The van der Waals surface area contributed by atoms with Crippen LogP contribution in [0, 0.1) is 28.4 Å². The van der Waals surface area contributed by atoms with Crippen LogP contribution < -0.4 is 19.5 Å². The van der Waals surface area contributed by atoms with Crippen molar-refractivity contribution >= 4 is 28.3 Å². The van der Waals surface area contributed by atoms with E-state index in [1.54, 1.807) is 12.1 Å². The van der Waals surface area contributed by atoms with E-state index in [4.69, 9.17) is 14.2 Å². The standard InChI is InChI=1S/C24H20N6O6/c1-13-8-21(27-22-15(13)6-5-7-18(22)34-2)29-23(14(11-25)12-26-29)28-24(31)16-9-19(35-3)20(36-4)10-17(16)30(32)33/h5-10,12H,1-4H3,(H,28,31). The average Bonchev–Trinajstić information content (AvgIpc) is 3.29. The van der Waals surface area contributed by atoms with Crippen molar-refractivity contribution in [2.75, 3.05) is 26.6 Å². The Hall–Kier alpha value is -5.18. The van der Waals surface area contributed by atoms with Gasteiger partial charge in [0.25, 0.3) is 11.6 Å². The lowest BCUT2D eigenvalue weighted by Gasteiger charge is -2.13. The molecule has 0 aliphatic rings. The van der Waals surface area contributed by atoms with E-state index in [2.05, 4.69) is 15.4 Å². The van der Waals surface area contributed by atoms with E-state index >= 15 is 0 Å². The van der Waals surface area contributed by atoms with Crippen LogP contribution in [0.4, 0.5) is 11.5 Å². The van der Waals surface area contributed by atoms with Gasteiger partial charge in [0.1, 0.15) is 28.5 Å². The third-order valence-electron chi connectivity index (χ3n) is 5.50. The molecule has 0 bridgehead atoms. The highest BCUT2D eigenvalue weighted by atomic mass is 16.6. The topological polar surface area (TPSA) is 154 Å². The zero-order valence-electron chi connectivity index (χ0n) is 19.7. The second-order valence-corrected chi connectivity index (χ2v) is 7.52. The second-order valence-electron chi connectivity index (χ2n) is 7.52. The van der Waals surface area contributed by atoms with Crippen molar-refractivity contribution in [2.24, 2.45) is 0 Å². The first-order valence-corrected chi connectivity index (χ1v) is 10.5. The van der Waals surface area contributed by atoms with Gasteiger partial charge in [-0.25, -0.2) is 4.98 Å². The Bertz CT molecular complexity index is 1560. The molecule has 36 heavy (non-hydrogen) atoms. The number of benzene rings is 2. The van der Waals surface area contributed by atoms with E-state index in [1.165, 1.54) is 38.3 Å². The van der Waals surface area contributed by atoms with Crippen LogP contribution in [-0.2, 0) is 0 Å². The van der Waals surface area contributed by atoms with E-state index in [1.807, 2.05) is 25.1 Å². The molecular formula is C24H20N6O6. The normalized spacial score (nSPS) is 10.5. The number of ether oxygens (including phenoxy) is 3. The highest BCUT2D eigenvalue weighted by molar-refractivity contribution is 6.08. The molecular weight excluding hydrogens is 468 g/mol. The number of rotatable bonds is 7. The number of carbonyl (C=O) groups is 1. The van der Waals surface area contributed by atoms with Crippen LogP contribution in [0.3, 0.4) is 0 Å².